The van der Waals surface area contributed by atoms with Crippen molar-refractivity contribution in [3.05, 3.63) is 35.4 Å². The van der Waals surface area contributed by atoms with Gasteiger partial charge in [0.1, 0.15) is 0 Å². The molecule has 1 aromatic rings. The maximum Gasteiger partial charge on any atom is 0.227 e. The van der Waals surface area contributed by atoms with Crippen molar-refractivity contribution in [1.82, 2.24) is 4.90 Å². The van der Waals surface area contributed by atoms with Gasteiger partial charge in [-0.25, -0.2) is 0 Å². The number of carbonyl (C=O) groups is 2. The van der Waals surface area contributed by atoms with Crippen molar-refractivity contribution in [2.45, 2.75) is 33.6 Å². The Hall–Kier alpha value is -1.64. The van der Waals surface area contributed by atoms with E-state index in [0.29, 0.717) is 13.0 Å². The molecule has 0 aromatic heterocycles. The van der Waals surface area contributed by atoms with Gasteiger partial charge in [0.2, 0.25) is 5.91 Å². The van der Waals surface area contributed by atoms with Crippen LogP contribution in [0.2, 0.25) is 0 Å². The van der Waals surface area contributed by atoms with E-state index < -0.39 is 0 Å². The van der Waals surface area contributed by atoms with E-state index in [-0.39, 0.29) is 23.7 Å². The first-order chi connectivity index (χ1) is 8.88. The molecule has 0 atom stereocenters. The average molecular weight is 259 g/mol. The van der Waals surface area contributed by atoms with E-state index in [0.717, 1.165) is 17.5 Å². The van der Waals surface area contributed by atoms with Gasteiger partial charge in [-0.3, -0.25) is 9.59 Å². The molecule has 0 spiro atoms. The predicted octanol–water partition coefficient (Wildman–Crippen LogP) is 2.37. The van der Waals surface area contributed by atoms with E-state index in [9.17, 15) is 9.59 Å². The zero-order chi connectivity index (χ0) is 14.0. The van der Waals surface area contributed by atoms with Crippen LogP contribution in [0.5, 0.6) is 0 Å². The molecule has 1 aliphatic heterocycles. The summed E-state index contributed by atoms with van der Waals surface area (Å²) in [5, 5.41) is 0. The van der Waals surface area contributed by atoms with Crippen LogP contribution in [0.4, 0.5) is 0 Å². The lowest BCUT2D eigenvalue weighted by atomic mass is 9.81. The van der Waals surface area contributed by atoms with Crippen molar-refractivity contribution in [3.63, 3.8) is 0 Å². The highest BCUT2D eigenvalue weighted by atomic mass is 16.2. The first kappa shape index (κ1) is 13.8. The quantitative estimate of drug-likeness (QED) is 0.817. The average Bonchev–Trinajstić information content (AvgIpc) is 2.32. The molecule has 0 aliphatic carbocycles. The van der Waals surface area contributed by atoms with Gasteiger partial charge in [0.05, 0.1) is 13.0 Å². The van der Waals surface area contributed by atoms with Crippen LogP contribution in [-0.2, 0) is 16.0 Å². The fraction of sp³-hybridized carbons (Fsp3) is 0.500. The number of Topliss-reactive ketones (excluding diaryl/α,β-unsaturated/α-hetero) is 1. The molecule has 0 radical (unpaired) electrons. The normalized spacial score (nSPS) is 18.5. The molecule has 1 fully saturated rings. The zero-order valence-corrected chi connectivity index (χ0v) is 11.9. The molecule has 3 nitrogen and oxygen atoms in total. The highest BCUT2D eigenvalue weighted by molar-refractivity contribution is 5.91. The van der Waals surface area contributed by atoms with Crippen molar-refractivity contribution in [3.8, 4) is 0 Å². The van der Waals surface area contributed by atoms with Crippen molar-refractivity contribution in [2.24, 2.45) is 5.41 Å². The number of rotatable bonds is 2. The Bertz CT molecular complexity index is 505. The van der Waals surface area contributed by atoms with Crippen LogP contribution in [0.1, 0.15) is 31.4 Å². The number of ketones is 1. The number of aryl methyl sites for hydroxylation is 1. The molecule has 2 rings (SSSR count). The monoisotopic (exact) mass is 259 g/mol. The number of hydrogen-bond donors (Lipinski definition) is 0. The Kier molecular flexibility index (Phi) is 3.74. The number of hydrogen-bond acceptors (Lipinski definition) is 2. The summed E-state index contributed by atoms with van der Waals surface area (Å²) in [6, 6.07) is 7.96. The summed E-state index contributed by atoms with van der Waals surface area (Å²) in [4.78, 5) is 25.8. The van der Waals surface area contributed by atoms with Crippen LogP contribution >= 0.6 is 0 Å². The van der Waals surface area contributed by atoms with E-state index in [1.807, 2.05) is 45.0 Å². The van der Waals surface area contributed by atoms with Gasteiger partial charge in [0.15, 0.2) is 5.78 Å². The summed E-state index contributed by atoms with van der Waals surface area (Å²) < 4.78 is 0. The van der Waals surface area contributed by atoms with Crippen LogP contribution < -0.4 is 0 Å². The van der Waals surface area contributed by atoms with Crippen molar-refractivity contribution >= 4 is 11.7 Å². The van der Waals surface area contributed by atoms with Crippen molar-refractivity contribution in [2.75, 3.05) is 13.1 Å². The van der Waals surface area contributed by atoms with E-state index in [1.54, 1.807) is 4.90 Å². The van der Waals surface area contributed by atoms with Gasteiger partial charge in [-0.05, 0) is 18.9 Å². The molecule has 0 N–H and O–H groups in total. The molecule has 1 heterocycles. The minimum absolute atomic E-state index is 0.0504. The smallest absolute Gasteiger partial charge is 0.227 e. The molecular weight excluding hydrogens is 238 g/mol. The number of amides is 1. The number of carbonyl (C=O) groups excluding carboxylic acids is 2. The SMILES string of the molecule is Cc1cccc(CC(=O)N2CCC(C)(C)C(=O)C2)c1. The Balaban J connectivity index is 2.00. The van der Waals surface area contributed by atoms with Crippen LogP contribution in [0, 0.1) is 12.3 Å². The lowest BCUT2D eigenvalue weighted by Gasteiger charge is -2.35. The van der Waals surface area contributed by atoms with Gasteiger partial charge in [-0.1, -0.05) is 43.7 Å². The van der Waals surface area contributed by atoms with Gasteiger partial charge in [-0.2, -0.15) is 0 Å². The minimum atomic E-state index is -0.278. The lowest BCUT2D eigenvalue weighted by molar-refractivity contribution is -0.142. The summed E-state index contributed by atoms with van der Waals surface area (Å²) in [6.07, 6.45) is 1.14. The first-order valence-corrected chi connectivity index (χ1v) is 6.75. The Morgan fingerprint density at radius 3 is 2.74 bits per heavy atom. The Morgan fingerprint density at radius 2 is 2.11 bits per heavy atom. The third kappa shape index (κ3) is 3.22. The second kappa shape index (κ2) is 5.16. The van der Waals surface area contributed by atoms with Crippen LogP contribution in [0.3, 0.4) is 0 Å². The van der Waals surface area contributed by atoms with Gasteiger partial charge < -0.3 is 4.90 Å². The van der Waals surface area contributed by atoms with Crippen LogP contribution in [-0.4, -0.2) is 29.7 Å². The van der Waals surface area contributed by atoms with E-state index in [2.05, 4.69) is 0 Å². The van der Waals surface area contributed by atoms with E-state index in [1.165, 1.54) is 0 Å². The van der Waals surface area contributed by atoms with Gasteiger partial charge in [0.25, 0.3) is 0 Å². The maximum absolute atomic E-state index is 12.2. The molecule has 0 saturated carbocycles. The summed E-state index contributed by atoms with van der Waals surface area (Å²) in [5.41, 5.74) is 1.89. The number of likely N-dealkylation sites (tertiary alicyclic amines) is 1. The van der Waals surface area contributed by atoms with Crippen LogP contribution in [0.25, 0.3) is 0 Å². The molecule has 0 unspecified atom stereocenters. The molecule has 102 valence electrons. The van der Waals surface area contributed by atoms with Gasteiger partial charge in [-0.15, -0.1) is 0 Å². The molecule has 19 heavy (non-hydrogen) atoms. The number of benzene rings is 1. The molecule has 1 amide bonds. The minimum Gasteiger partial charge on any atom is -0.335 e. The maximum atomic E-state index is 12.2. The molecule has 3 heteroatoms. The summed E-state index contributed by atoms with van der Waals surface area (Å²) in [6.45, 7) is 6.87. The van der Waals surface area contributed by atoms with Gasteiger partial charge >= 0.3 is 0 Å². The van der Waals surface area contributed by atoms with Crippen molar-refractivity contribution in [1.29, 1.82) is 0 Å². The molecule has 1 aromatic carbocycles. The number of nitrogens with zero attached hydrogens (tertiary/aromatic N) is 1. The number of piperidine rings is 1. The summed E-state index contributed by atoms with van der Waals surface area (Å²) in [7, 11) is 0. The fourth-order valence-electron chi connectivity index (χ4n) is 2.34. The molecule has 0 bridgehead atoms. The van der Waals surface area contributed by atoms with Crippen LogP contribution in [0.15, 0.2) is 24.3 Å². The summed E-state index contributed by atoms with van der Waals surface area (Å²) >= 11 is 0. The fourth-order valence-corrected chi connectivity index (χ4v) is 2.34. The summed E-state index contributed by atoms with van der Waals surface area (Å²) in [5.74, 6) is 0.214. The van der Waals surface area contributed by atoms with Crippen molar-refractivity contribution < 1.29 is 9.59 Å². The third-order valence-corrected chi connectivity index (χ3v) is 3.89. The zero-order valence-electron chi connectivity index (χ0n) is 11.9. The van der Waals surface area contributed by atoms with E-state index >= 15 is 0 Å². The first-order valence-electron chi connectivity index (χ1n) is 6.75. The molecule has 1 saturated heterocycles. The second-order valence-electron chi connectivity index (χ2n) is 6.04. The Labute approximate surface area is 114 Å². The molecule has 1 aliphatic rings. The predicted molar refractivity (Wildman–Crippen MR) is 74.9 cm³/mol. The highest BCUT2D eigenvalue weighted by Gasteiger charge is 2.35. The van der Waals surface area contributed by atoms with Gasteiger partial charge in [0, 0.05) is 12.0 Å². The molecular formula is C16H21NO2. The third-order valence-electron chi connectivity index (χ3n) is 3.89. The van der Waals surface area contributed by atoms with E-state index in [4.69, 9.17) is 0 Å². The second-order valence-corrected chi connectivity index (χ2v) is 6.04. The highest BCUT2D eigenvalue weighted by Crippen LogP contribution is 2.27. The topological polar surface area (TPSA) is 37.4 Å². The largest absolute Gasteiger partial charge is 0.335 e. The Morgan fingerprint density at radius 1 is 1.37 bits per heavy atom. The lowest BCUT2D eigenvalue weighted by Crippen LogP contribution is -2.48. The standard InChI is InChI=1S/C16H21NO2/c1-12-5-4-6-13(9-12)10-15(19)17-8-7-16(2,3)14(18)11-17/h4-6,9H,7-8,10-11H2,1-3H3.